The Balaban J connectivity index is 1.76. The van der Waals surface area contributed by atoms with E-state index < -0.39 is 12.5 Å². The number of nitrogens with zero attached hydrogens (tertiary/aromatic N) is 6. The SMILES string of the molecule is CC(Nc1nc(N)nc(N)c1Cl)c1nc2cccc(Cl)c2c(=O)n1N1CCN(CC(F)F)CC1. The molecular formula is C20H23Cl2F2N9O. The van der Waals surface area contributed by atoms with E-state index in [4.69, 9.17) is 39.7 Å². The van der Waals surface area contributed by atoms with Gasteiger partial charge in [0, 0.05) is 26.2 Å². The van der Waals surface area contributed by atoms with Gasteiger partial charge in [0.2, 0.25) is 5.95 Å². The molecule has 14 heteroatoms. The highest BCUT2D eigenvalue weighted by molar-refractivity contribution is 6.35. The number of fused-ring (bicyclic) bond motifs is 1. The molecule has 0 radical (unpaired) electrons. The van der Waals surface area contributed by atoms with E-state index in [0.29, 0.717) is 37.5 Å². The third kappa shape index (κ3) is 4.79. The number of aromatic nitrogens is 4. The van der Waals surface area contributed by atoms with Crippen LogP contribution in [-0.4, -0.2) is 63.7 Å². The Hall–Kier alpha value is -2.96. The molecule has 0 amide bonds. The third-order valence-corrected chi connectivity index (χ3v) is 6.20. The highest BCUT2D eigenvalue weighted by Crippen LogP contribution is 2.29. The Labute approximate surface area is 203 Å². The average molecular weight is 514 g/mol. The van der Waals surface area contributed by atoms with Gasteiger partial charge in [-0.1, -0.05) is 29.3 Å². The van der Waals surface area contributed by atoms with Crippen molar-refractivity contribution in [3.63, 3.8) is 0 Å². The van der Waals surface area contributed by atoms with E-state index in [-0.39, 0.29) is 45.1 Å². The Morgan fingerprint density at radius 3 is 2.50 bits per heavy atom. The van der Waals surface area contributed by atoms with Crippen LogP contribution in [0.25, 0.3) is 10.9 Å². The lowest BCUT2D eigenvalue weighted by Crippen LogP contribution is -2.56. The van der Waals surface area contributed by atoms with Crippen molar-refractivity contribution in [2.45, 2.75) is 19.4 Å². The van der Waals surface area contributed by atoms with E-state index in [9.17, 15) is 13.6 Å². The number of piperazine rings is 1. The Morgan fingerprint density at radius 2 is 1.82 bits per heavy atom. The van der Waals surface area contributed by atoms with E-state index in [0.717, 1.165) is 0 Å². The quantitative estimate of drug-likeness (QED) is 0.454. The standard InChI is InChI=1S/C20H23Cl2F2N9O/c1-10(27-17-15(22)16(25)29-20(26)30-17)18-28-12-4-2-3-11(21)14(12)19(34)33(18)32-7-5-31(6-8-32)9-13(23)24/h2-4,10,13H,5-9H2,1H3,(H5,25,26,27,29,30). The molecule has 0 saturated carbocycles. The van der Waals surface area contributed by atoms with Crippen LogP contribution < -0.4 is 27.4 Å². The summed E-state index contributed by atoms with van der Waals surface area (Å²) in [4.78, 5) is 27.9. The normalized spacial score (nSPS) is 15.8. The molecule has 1 unspecified atom stereocenters. The van der Waals surface area contributed by atoms with Crippen molar-refractivity contribution in [3.8, 4) is 0 Å². The summed E-state index contributed by atoms with van der Waals surface area (Å²) < 4.78 is 27.1. The van der Waals surface area contributed by atoms with Crippen LogP contribution in [0.15, 0.2) is 23.0 Å². The van der Waals surface area contributed by atoms with Gasteiger partial charge in [-0.25, -0.2) is 18.4 Å². The molecule has 182 valence electrons. The minimum Gasteiger partial charge on any atom is -0.382 e. The molecule has 34 heavy (non-hydrogen) atoms. The molecule has 0 bridgehead atoms. The van der Waals surface area contributed by atoms with Crippen molar-refractivity contribution in [2.75, 3.05) is 54.5 Å². The zero-order valence-electron chi connectivity index (χ0n) is 18.2. The summed E-state index contributed by atoms with van der Waals surface area (Å²) >= 11 is 12.6. The van der Waals surface area contributed by atoms with Crippen molar-refractivity contribution >= 4 is 51.7 Å². The van der Waals surface area contributed by atoms with Gasteiger partial charge in [-0.15, -0.1) is 0 Å². The fraction of sp³-hybridized carbons (Fsp3) is 0.400. The summed E-state index contributed by atoms with van der Waals surface area (Å²) in [6.07, 6.45) is -2.42. The van der Waals surface area contributed by atoms with Gasteiger partial charge in [0.15, 0.2) is 11.6 Å². The molecule has 5 N–H and O–H groups in total. The summed E-state index contributed by atoms with van der Waals surface area (Å²) in [5.41, 5.74) is 11.5. The summed E-state index contributed by atoms with van der Waals surface area (Å²) in [6, 6.07) is 4.43. The largest absolute Gasteiger partial charge is 0.382 e. The topological polar surface area (TPSA) is 131 Å². The molecule has 0 aliphatic carbocycles. The second kappa shape index (κ2) is 9.72. The second-order valence-corrected chi connectivity index (χ2v) is 8.65. The van der Waals surface area contributed by atoms with Crippen LogP contribution in [0.1, 0.15) is 18.8 Å². The third-order valence-electron chi connectivity index (χ3n) is 5.51. The first-order valence-corrected chi connectivity index (χ1v) is 11.2. The summed E-state index contributed by atoms with van der Waals surface area (Å²) in [5, 5.41) is 5.49. The minimum absolute atomic E-state index is 0.00895. The minimum atomic E-state index is -2.42. The molecule has 1 saturated heterocycles. The van der Waals surface area contributed by atoms with Crippen LogP contribution in [0.5, 0.6) is 0 Å². The molecule has 1 aliphatic heterocycles. The molecule has 3 aromatic rings. The van der Waals surface area contributed by atoms with Gasteiger partial charge < -0.3 is 21.8 Å². The maximum Gasteiger partial charge on any atom is 0.281 e. The van der Waals surface area contributed by atoms with Gasteiger partial charge in [-0.2, -0.15) is 9.97 Å². The van der Waals surface area contributed by atoms with Gasteiger partial charge in [-0.3, -0.25) is 9.69 Å². The van der Waals surface area contributed by atoms with Gasteiger partial charge in [0.25, 0.3) is 12.0 Å². The molecule has 1 atom stereocenters. The molecule has 0 spiro atoms. The first kappa shape index (κ1) is 24.2. The Kier molecular flexibility index (Phi) is 6.91. The van der Waals surface area contributed by atoms with E-state index in [1.807, 2.05) is 0 Å². The van der Waals surface area contributed by atoms with Crippen molar-refractivity contribution in [1.29, 1.82) is 0 Å². The number of halogens is 4. The molecule has 10 nitrogen and oxygen atoms in total. The van der Waals surface area contributed by atoms with Crippen LogP contribution in [-0.2, 0) is 0 Å². The number of nitrogen functional groups attached to an aromatic ring is 2. The zero-order valence-corrected chi connectivity index (χ0v) is 19.7. The predicted molar refractivity (Wildman–Crippen MR) is 129 cm³/mol. The second-order valence-electron chi connectivity index (χ2n) is 7.86. The fourth-order valence-corrected chi connectivity index (χ4v) is 4.30. The molecule has 1 aromatic carbocycles. The maximum absolute atomic E-state index is 13.6. The van der Waals surface area contributed by atoms with Gasteiger partial charge in [-0.05, 0) is 19.1 Å². The smallest absolute Gasteiger partial charge is 0.281 e. The van der Waals surface area contributed by atoms with Gasteiger partial charge >= 0.3 is 0 Å². The van der Waals surface area contributed by atoms with E-state index in [2.05, 4.69) is 15.3 Å². The predicted octanol–water partition coefficient (Wildman–Crippen LogP) is 2.35. The number of nitrogens with two attached hydrogens (primary N) is 2. The van der Waals surface area contributed by atoms with Crippen molar-refractivity contribution in [3.05, 3.63) is 44.4 Å². The zero-order chi connectivity index (χ0) is 24.6. The van der Waals surface area contributed by atoms with Gasteiger partial charge in [0.1, 0.15) is 10.8 Å². The monoisotopic (exact) mass is 513 g/mol. The van der Waals surface area contributed by atoms with E-state index >= 15 is 0 Å². The fourth-order valence-electron chi connectivity index (χ4n) is 3.91. The number of benzene rings is 1. The number of alkyl halides is 2. The van der Waals surface area contributed by atoms with Crippen LogP contribution in [0.2, 0.25) is 10.0 Å². The molecule has 2 aromatic heterocycles. The highest BCUT2D eigenvalue weighted by Gasteiger charge is 2.26. The number of anilines is 3. The molecule has 4 rings (SSSR count). The lowest BCUT2D eigenvalue weighted by molar-refractivity contribution is 0.0824. The molecule has 1 fully saturated rings. The lowest BCUT2D eigenvalue weighted by atomic mass is 10.2. The summed E-state index contributed by atoms with van der Waals surface area (Å²) in [7, 11) is 0. The number of hydrogen-bond acceptors (Lipinski definition) is 9. The van der Waals surface area contributed by atoms with Crippen molar-refractivity contribution in [1.82, 2.24) is 24.5 Å². The molecule has 1 aliphatic rings. The Morgan fingerprint density at radius 1 is 1.12 bits per heavy atom. The number of rotatable bonds is 6. The molecular weight excluding hydrogens is 491 g/mol. The van der Waals surface area contributed by atoms with Crippen LogP contribution in [0.4, 0.5) is 26.4 Å². The Bertz CT molecular complexity index is 1270. The lowest BCUT2D eigenvalue weighted by Gasteiger charge is -2.38. The first-order chi connectivity index (χ1) is 16.2. The maximum atomic E-state index is 13.6. The average Bonchev–Trinajstić information content (AvgIpc) is 2.77. The summed E-state index contributed by atoms with van der Waals surface area (Å²) in [6.45, 7) is 2.88. The first-order valence-electron chi connectivity index (χ1n) is 10.5. The van der Waals surface area contributed by atoms with Gasteiger partial charge in [0.05, 0.1) is 28.5 Å². The number of hydrogen-bond donors (Lipinski definition) is 3. The summed E-state index contributed by atoms with van der Waals surface area (Å²) in [5.74, 6) is 0.485. The van der Waals surface area contributed by atoms with Crippen LogP contribution in [0.3, 0.4) is 0 Å². The van der Waals surface area contributed by atoms with Crippen LogP contribution in [0, 0.1) is 0 Å². The van der Waals surface area contributed by atoms with Crippen LogP contribution >= 0.6 is 23.2 Å². The van der Waals surface area contributed by atoms with Crippen molar-refractivity contribution < 1.29 is 8.78 Å². The highest BCUT2D eigenvalue weighted by atomic mass is 35.5. The number of nitrogens with one attached hydrogen (secondary N) is 1. The van der Waals surface area contributed by atoms with E-state index in [1.54, 1.807) is 35.0 Å². The van der Waals surface area contributed by atoms with E-state index in [1.165, 1.54) is 4.68 Å². The molecule has 3 heterocycles. The van der Waals surface area contributed by atoms with Crippen molar-refractivity contribution in [2.24, 2.45) is 0 Å².